The van der Waals surface area contributed by atoms with Crippen molar-refractivity contribution in [3.63, 3.8) is 0 Å². The first kappa shape index (κ1) is 12.2. The fourth-order valence-electron chi connectivity index (χ4n) is 3.22. The summed E-state index contributed by atoms with van der Waals surface area (Å²) >= 11 is 0. The smallest absolute Gasteiger partial charge is 0.151 e. The molecular weight excluding hydrogens is 224 g/mol. The van der Waals surface area contributed by atoms with E-state index in [0.29, 0.717) is 6.04 Å². The lowest BCUT2D eigenvalue weighted by Gasteiger charge is -2.28. The van der Waals surface area contributed by atoms with Crippen LogP contribution < -0.4 is 0 Å². The predicted molar refractivity (Wildman–Crippen MR) is 71.6 cm³/mol. The zero-order chi connectivity index (χ0) is 12.5. The maximum absolute atomic E-state index is 4.75. The van der Waals surface area contributed by atoms with Gasteiger partial charge in [-0.15, -0.1) is 0 Å². The number of aryl methyl sites for hydroxylation is 1. The molecule has 3 heterocycles. The molecule has 0 N–H and O–H groups in total. The third-order valence-corrected chi connectivity index (χ3v) is 4.49. The van der Waals surface area contributed by atoms with Gasteiger partial charge in [0.1, 0.15) is 5.82 Å². The van der Waals surface area contributed by atoms with Crippen molar-refractivity contribution in [1.29, 1.82) is 0 Å². The number of hydrogen-bond acceptors (Lipinski definition) is 3. The van der Waals surface area contributed by atoms with Crippen LogP contribution in [0, 0.1) is 5.92 Å². The lowest BCUT2D eigenvalue weighted by atomic mass is 9.94. The minimum atomic E-state index is 0.549. The Labute approximate surface area is 109 Å². The monoisotopic (exact) mass is 248 g/mol. The third kappa shape index (κ3) is 2.44. The van der Waals surface area contributed by atoms with E-state index in [9.17, 15) is 0 Å². The molecular formula is C14H24N4. The van der Waals surface area contributed by atoms with Crippen molar-refractivity contribution < 1.29 is 0 Å². The quantitative estimate of drug-likeness (QED) is 0.803. The van der Waals surface area contributed by atoms with Crippen LogP contribution >= 0.6 is 0 Å². The Bertz CT molecular complexity index is 404. The van der Waals surface area contributed by atoms with Gasteiger partial charge in [-0.1, -0.05) is 0 Å². The van der Waals surface area contributed by atoms with E-state index >= 15 is 0 Å². The standard InChI is InChI=1S/C14H24N4/c1-11-4-3-5-14-15-13(16-18(11)14)10-12-6-8-17(2)9-7-12/h11-12H,3-10H2,1-2H3. The van der Waals surface area contributed by atoms with E-state index < -0.39 is 0 Å². The molecule has 0 spiro atoms. The summed E-state index contributed by atoms with van der Waals surface area (Å²) < 4.78 is 2.17. The molecule has 2 aliphatic rings. The van der Waals surface area contributed by atoms with Crippen LogP contribution in [-0.4, -0.2) is 39.8 Å². The molecule has 1 saturated heterocycles. The van der Waals surface area contributed by atoms with Crippen molar-refractivity contribution in [2.45, 2.75) is 51.5 Å². The molecule has 0 radical (unpaired) electrons. The SMILES string of the molecule is CC1CCCc2nc(CC3CCN(C)CC3)nn21. The molecule has 4 nitrogen and oxygen atoms in total. The Kier molecular flexibility index (Phi) is 3.37. The maximum atomic E-state index is 4.75. The molecule has 100 valence electrons. The van der Waals surface area contributed by atoms with Gasteiger partial charge in [0.2, 0.25) is 0 Å². The van der Waals surface area contributed by atoms with Crippen LogP contribution in [0.3, 0.4) is 0 Å². The molecule has 3 rings (SSSR count). The first-order valence-electron chi connectivity index (χ1n) is 7.35. The van der Waals surface area contributed by atoms with Crippen LogP contribution in [0.25, 0.3) is 0 Å². The summed E-state index contributed by atoms with van der Waals surface area (Å²) in [6.45, 7) is 4.72. The molecule has 0 bridgehead atoms. The third-order valence-electron chi connectivity index (χ3n) is 4.49. The average molecular weight is 248 g/mol. The predicted octanol–water partition coefficient (Wildman–Crippen LogP) is 2.06. The lowest BCUT2D eigenvalue weighted by Crippen LogP contribution is -2.31. The first-order valence-corrected chi connectivity index (χ1v) is 7.35. The molecule has 1 aromatic heterocycles. The maximum Gasteiger partial charge on any atom is 0.151 e. The zero-order valence-corrected chi connectivity index (χ0v) is 11.6. The summed E-state index contributed by atoms with van der Waals surface area (Å²) in [4.78, 5) is 7.17. The zero-order valence-electron chi connectivity index (χ0n) is 11.6. The molecule has 18 heavy (non-hydrogen) atoms. The molecule has 1 atom stereocenters. The van der Waals surface area contributed by atoms with E-state index in [1.165, 1.54) is 44.6 Å². The average Bonchev–Trinajstić information content (AvgIpc) is 2.76. The van der Waals surface area contributed by atoms with Crippen LogP contribution in [0.4, 0.5) is 0 Å². The molecule has 1 aromatic rings. The summed E-state index contributed by atoms with van der Waals surface area (Å²) in [5.74, 6) is 3.10. The topological polar surface area (TPSA) is 34.0 Å². The largest absolute Gasteiger partial charge is 0.306 e. The fourth-order valence-corrected chi connectivity index (χ4v) is 3.22. The Hall–Kier alpha value is -0.900. The molecule has 0 amide bonds. The van der Waals surface area contributed by atoms with E-state index in [0.717, 1.165) is 24.6 Å². The van der Waals surface area contributed by atoms with E-state index in [1.807, 2.05) is 0 Å². The molecule has 1 unspecified atom stereocenters. The van der Waals surface area contributed by atoms with Gasteiger partial charge in [0.15, 0.2) is 5.82 Å². The van der Waals surface area contributed by atoms with Crippen LogP contribution in [0.2, 0.25) is 0 Å². The second-order valence-corrected chi connectivity index (χ2v) is 6.08. The van der Waals surface area contributed by atoms with Crippen molar-refractivity contribution in [3.05, 3.63) is 11.6 Å². The molecule has 2 aliphatic heterocycles. The lowest BCUT2D eigenvalue weighted by molar-refractivity contribution is 0.217. The van der Waals surface area contributed by atoms with Crippen molar-refractivity contribution in [3.8, 4) is 0 Å². The highest BCUT2D eigenvalue weighted by molar-refractivity contribution is 4.99. The Morgan fingerprint density at radius 3 is 2.72 bits per heavy atom. The number of rotatable bonds is 2. The van der Waals surface area contributed by atoms with Gasteiger partial charge >= 0.3 is 0 Å². The van der Waals surface area contributed by atoms with Gasteiger partial charge in [-0.25, -0.2) is 9.67 Å². The molecule has 1 fully saturated rings. The molecule has 0 aliphatic carbocycles. The molecule has 0 saturated carbocycles. The number of hydrogen-bond donors (Lipinski definition) is 0. The van der Waals surface area contributed by atoms with E-state index in [2.05, 4.69) is 23.6 Å². The van der Waals surface area contributed by atoms with Crippen LogP contribution in [0.1, 0.15) is 50.3 Å². The Morgan fingerprint density at radius 2 is 2.00 bits per heavy atom. The molecule has 0 aromatic carbocycles. The minimum Gasteiger partial charge on any atom is -0.306 e. The summed E-state index contributed by atoms with van der Waals surface area (Å²) in [6, 6.07) is 0.549. The summed E-state index contributed by atoms with van der Waals surface area (Å²) in [6.07, 6.45) is 7.33. The highest BCUT2D eigenvalue weighted by atomic mass is 15.4. The number of aromatic nitrogens is 3. The number of fused-ring (bicyclic) bond motifs is 1. The van der Waals surface area contributed by atoms with Gasteiger partial charge in [-0.2, -0.15) is 5.10 Å². The van der Waals surface area contributed by atoms with Gasteiger partial charge in [0.05, 0.1) is 6.04 Å². The van der Waals surface area contributed by atoms with Crippen LogP contribution in [0.5, 0.6) is 0 Å². The highest BCUT2D eigenvalue weighted by Gasteiger charge is 2.22. The Balaban J connectivity index is 1.66. The summed E-state index contributed by atoms with van der Waals surface area (Å²) in [5.41, 5.74) is 0. The summed E-state index contributed by atoms with van der Waals surface area (Å²) in [5, 5.41) is 4.74. The van der Waals surface area contributed by atoms with Crippen LogP contribution in [-0.2, 0) is 12.8 Å². The number of piperidine rings is 1. The van der Waals surface area contributed by atoms with Gasteiger partial charge in [0, 0.05) is 12.8 Å². The second-order valence-electron chi connectivity index (χ2n) is 6.08. The van der Waals surface area contributed by atoms with Crippen molar-refractivity contribution in [2.24, 2.45) is 5.92 Å². The molecule has 4 heteroatoms. The van der Waals surface area contributed by atoms with Gasteiger partial charge in [-0.3, -0.25) is 0 Å². The fraction of sp³-hybridized carbons (Fsp3) is 0.857. The highest BCUT2D eigenvalue weighted by Crippen LogP contribution is 2.24. The van der Waals surface area contributed by atoms with E-state index in [-0.39, 0.29) is 0 Å². The van der Waals surface area contributed by atoms with Gasteiger partial charge in [0.25, 0.3) is 0 Å². The van der Waals surface area contributed by atoms with Crippen molar-refractivity contribution >= 4 is 0 Å². The van der Waals surface area contributed by atoms with E-state index in [1.54, 1.807) is 0 Å². The van der Waals surface area contributed by atoms with Crippen molar-refractivity contribution in [1.82, 2.24) is 19.7 Å². The number of likely N-dealkylation sites (tertiary alicyclic amines) is 1. The van der Waals surface area contributed by atoms with Gasteiger partial charge in [-0.05, 0) is 58.7 Å². The first-order chi connectivity index (χ1) is 8.72. The van der Waals surface area contributed by atoms with Crippen molar-refractivity contribution in [2.75, 3.05) is 20.1 Å². The summed E-state index contributed by atoms with van der Waals surface area (Å²) in [7, 11) is 2.21. The minimum absolute atomic E-state index is 0.549. The van der Waals surface area contributed by atoms with Crippen LogP contribution in [0.15, 0.2) is 0 Å². The second kappa shape index (κ2) is 5.00. The normalized spacial score (nSPS) is 26.2. The van der Waals surface area contributed by atoms with E-state index in [4.69, 9.17) is 10.1 Å². The number of nitrogens with zero attached hydrogens (tertiary/aromatic N) is 4. The Morgan fingerprint density at radius 1 is 1.22 bits per heavy atom. The van der Waals surface area contributed by atoms with Gasteiger partial charge < -0.3 is 4.90 Å².